The van der Waals surface area contributed by atoms with Crippen molar-refractivity contribution in [2.75, 3.05) is 5.73 Å². The summed E-state index contributed by atoms with van der Waals surface area (Å²) in [6, 6.07) is 0. The highest BCUT2D eigenvalue weighted by molar-refractivity contribution is 5.23. The molecule has 1 aliphatic carbocycles. The number of hydrogen-bond donors (Lipinski definition) is 1. The number of aromatic nitrogens is 2. The zero-order valence-corrected chi connectivity index (χ0v) is 7.99. The number of rotatable bonds is 1. The first kappa shape index (κ1) is 9.37. The number of nitrogen functional groups attached to an aromatic ring is 1. The van der Waals surface area contributed by atoms with Crippen molar-refractivity contribution in [1.29, 1.82) is 0 Å². The monoisotopic (exact) mass is 195 g/mol. The molecule has 0 amide bonds. The van der Waals surface area contributed by atoms with Crippen LogP contribution in [0.5, 0.6) is 0 Å². The van der Waals surface area contributed by atoms with Crippen molar-refractivity contribution in [2.45, 2.75) is 37.8 Å². The van der Waals surface area contributed by atoms with Crippen molar-refractivity contribution >= 4 is 5.82 Å². The van der Waals surface area contributed by atoms with Crippen LogP contribution >= 0.6 is 0 Å². The summed E-state index contributed by atoms with van der Waals surface area (Å²) in [7, 11) is 0. The van der Waals surface area contributed by atoms with Crippen molar-refractivity contribution in [1.82, 2.24) is 9.97 Å². The van der Waals surface area contributed by atoms with Crippen molar-refractivity contribution in [3.05, 3.63) is 18.1 Å². The topological polar surface area (TPSA) is 51.8 Å². The molecule has 0 saturated heterocycles. The van der Waals surface area contributed by atoms with Gasteiger partial charge in [-0.2, -0.15) is 0 Å². The van der Waals surface area contributed by atoms with Gasteiger partial charge in [0.25, 0.3) is 0 Å². The van der Waals surface area contributed by atoms with E-state index in [4.69, 9.17) is 5.73 Å². The molecule has 1 aromatic heterocycles. The summed E-state index contributed by atoms with van der Waals surface area (Å²) < 4.78 is 12.9. The summed E-state index contributed by atoms with van der Waals surface area (Å²) >= 11 is 0. The molecule has 0 bridgehead atoms. The van der Waals surface area contributed by atoms with Crippen LogP contribution in [0.3, 0.4) is 0 Å². The first-order chi connectivity index (χ1) is 6.75. The van der Waals surface area contributed by atoms with Crippen LogP contribution in [0.1, 0.15) is 37.3 Å². The summed E-state index contributed by atoms with van der Waals surface area (Å²) in [5.74, 6) is 0.808. The van der Waals surface area contributed by atoms with Crippen molar-refractivity contribution < 1.29 is 4.39 Å². The van der Waals surface area contributed by atoms with E-state index in [1.165, 1.54) is 0 Å². The Balaban J connectivity index is 2.05. The van der Waals surface area contributed by atoms with E-state index in [1.807, 2.05) is 0 Å². The summed E-state index contributed by atoms with van der Waals surface area (Å²) in [5, 5.41) is 0. The summed E-state index contributed by atoms with van der Waals surface area (Å²) in [4.78, 5) is 8.21. The lowest BCUT2D eigenvalue weighted by atomic mass is 9.86. The third kappa shape index (κ3) is 2.00. The molecule has 2 rings (SSSR count). The van der Waals surface area contributed by atoms with Gasteiger partial charge in [-0.1, -0.05) is 0 Å². The molecule has 0 aromatic carbocycles. The lowest BCUT2D eigenvalue weighted by molar-refractivity contribution is 0.234. The number of hydrogen-bond acceptors (Lipinski definition) is 3. The Bertz CT molecular complexity index is 291. The fourth-order valence-electron chi connectivity index (χ4n) is 1.91. The summed E-state index contributed by atoms with van der Waals surface area (Å²) in [6.07, 6.45) is 5.70. The molecular formula is C10H14FN3. The molecule has 14 heavy (non-hydrogen) atoms. The van der Waals surface area contributed by atoms with Crippen LogP contribution in [0.15, 0.2) is 12.4 Å². The molecule has 1 aliphatic rings. The van der Waals surface area contributed by atoms with Gasteiger partial charge in [0.2, 0.25) is 0 Å². The molecule has 0 spiro atoms. The van der Waals surface area contributed by atoms with Gasteiger partial charge in [0.05, 0.1) is 18.1 Å². The Kier molecular flexibility index (Phi) is 2.61. The van der Waals surface area contributed by atoms with E-state index in [-0.39, 0.29) is 0 Å². The van der Waals surface area contributed by atoms with E-state index in [0.29, 0.717) is 24.6 Å². The highest BCUT2D eigenvalue weighted by Crippen LogP contribution is 2.32. The van der Waals surface area contributed by atoms with E-state index in [9.17, 15) is 4.39 Å². The van der Waals surface area contributed by atoms with Crippen LogP contribution in [-0.2, 0) is 0 Å². The minimum Gasteiger partial charge on any atom is -0.382 e. The zero-order valence-electron chi connectivity index (χ0n) is 7.99. The van der Waals surface area contributed by atoms with Gasteiger partial charge in [0.15, 0.2) is 0 Å². The Morgan fingerprint density at radius 3 is 2.43 bits per heavy atom. The largest absolute Gasteiger partial charge is 0.382 e. The fourth-order valence-corrected chi connectivity index (χ4v) is 1.91. The fraction of sp³-hybridized carbons (Fsp3) is 0.600. The highest BCUT2D eigenvalue weighted by atomic mass is 19.1. The predicted octanol–water partition coefficient (Wildman–Crippen LogP) is 2.05. The SMILES string of the molecule is Nc1cnc(C2CCC(F)CC2)cn1. The molecule has 0 unspecified atom stereocenters. The van der Waals surface area contributed by atoms with E-state index in [0.717, 1.165) is 18.5 Å². The van der Waals surface area contributed by atoms with Gasteiger partial charge in [0, 0.05) is 5.92 Å². The average molecular weight is 195 g/mol. The van der Waals surface area contributed by atoms with Gasteiger partial charge in [-0.3, -0.25) is 4.98 Å². The molecule has 2 N–H and O–H groups in total. The second-order valence-corrected chi connectivity index (χ2v) is 3.82. The Morgan fingerprint density at radius 1 is 1.14 bits per heavy atom. The number of halogens is 1. The third-order valence-electron chi connectivity index (χ3n) is 2.77. The first-order valence-corrected chi connectivity index (χ1v) is 4.97. The minimum atomic E-state index is -0.618. The van der Waals surface area contributed by atoms with Gasteiger partial charge in [-0.05, 0) is 25.7 Å². The van der Waals surface area contributed by atoms with Gasteiger partial charge in [0.1, 0.15) is 12.0 Å². The minimum absolute atomic E-state index is 0.370. The summed E-state index contributed by atoms with van der Waals surface area (Å²) in [6.45, 7) is 0. The second-order valence-electron chi connectivity index (χ2n) is 3.82. The van der Waals surface area contributed by atoms with Crippen LogP contribution in [0.25, 0.3) is 0 Å². The number of alkyl halides is 1. The molecule has 1 aromatic rings. The molecule has 0 aliphatic heterocycles. The summed E-state index contributed by atoms with van der Waals surface area (Å²) in [5.41, 5.74) is 6.39. The van der Waals surface area contributed by atoms with E-state index < -0.39 is 6.17 Å². The van der Waals surface area contributed by atoms with Crippen molar-refractivity contribution in [2.24, 2.45) is 0 Å². The molecule has 4 heteroatoms. The van der Waals surface area contributed by atoms with Crippen LogP contribution in [0, 0.1) is 0 Å². The molecule has 3 nitrogen and oxygen atoms in total. The van der Waals surface area contributed by atoms with E-state index in [1.54, 1.807) is 12.4 Å². The van der Waals surface area contributed by atoms with E-state index in [2.05, 4.69) is 9.97 Å². The van der Waals surface area contributed by atoms with Crippen molar-refractivity contribution in [3.63, 3.8) is 0 Å². The molecule has 76 valence electrons. The highest BCUT2D eigenvalue weighted by Gasteiger charge is 2.22. The van der Waals surface area contributed by atoms with Gasteiger partial charge in [-0.15, -0.1) is 0 Å². The zero-order chi connectivity index (χ0) is 9.97. The molecular weight excluding hydrogens is 181 g/mol. The molecule has 0 atom stereocenters. The van der Waals surface area contributed by atoms with Gasteiger partial charge >= 0.3 is 0 Å². The molecule has 1 heterocycles. The Morgan fingerprint density at radius 2 is 1.86 bits per heavy atom. The lowest BCUT2D eigenvalue weighted by Crippen LogP contribution is -2.14. The standard InChI is InChI=1S/C10H14FN3/c11-8-3-1-7(2-4-8)9-5-14-10(12)6-13-9/h5-8H,1-4H2,(H2,12,14). The first-order valence-electron chi connectivity index (χ1n) is 4.97. The predicted molar refractivity (Wildman–Crippen MR) is 52.5 cm³/mol. The smallest absolute Gasteiger partial charge is 0.141 e. The Labute approximate surface area is 82.6 Å². The van der Waals surface area contributed by atoms with Crippen LogP contribution in [0.4, 0.5) is 10.2 Å². The average Bonchev–Trinajstić information content (AvgIpc) is 2.21. The third-order valence-corrected chi connectivity index (χ3v) is 2.77. The number of nitrogens with two attached hydrogens (primary N) is 1. The van der Waals surface area contributed by atoms with Crippen molar-refractivity contribution in [3.8, 4) is 0 Å². The van der Waals surface area contributed by atoms with Crippen LogP contribution < -0.4 is 5.73 Å². The maximum Gasteiger partial charge on any atom is 0.141 e. The lowest BCUT2D eigenvalue weighted by Gasteiger charge is -2.23. The van der Waals surface area contributed by atoms with Crippen LogP contribution in [-0.4, -0.2) is 16.1 Å². The normalized spacial score (nSPS) is 27.5. The number of anilines is 1. The number of nitrogens with zero attached hydrogens (tertiary/aromatic N) is 2. The molecule has 0 radical (unpaired) electrons. The maximum absolute atomic E-state index is 12.9. The van der Waals surface area contributed by atoms with E-state index >= 15 is 0 Å². The van der Waals surface area contributed by atoms with Gasteiger partial charge in [-0.25, -0.2) is 9.37 Å². The van der Waals surface area contributed by atoms with Gasteiger partial charge < -0.3 is 5.73 Å². The molecule has 1 fully saturated rings. The second kappa shape index (κ2) is 3.90. The van der Waals surface area contributed by atoms with Crippen LogP contribution in [0.2, 0.25) is 0 Å². The quantitative estimate of drug-likeness (QED) is 0.746. The maximum atomic E-state index is 12.9. The Hall–Kier alpha value is -1.19. The molecule has 1 saturated carbocycles.